The first-order chi connectivity index (χ1) is 12.1. The van der Waals surface area contributed by atoms with Crippen molar-refractivity contribution in [3.8, 4) is 11.4 Å². The minimum Gasteiger partial charge on any atom is -0.444 e. The van der Waals surface area contributed by atoms with E-state index in [0.29, 0.717) is 12.2 Å². The van der Waals surface area contributed by atoms with Crippen LogP contribution < -0.4 is 5.32 Å². The van der Waals surface area contributed by atoms with Crippen molar-refractivity contribution in [1.82, 2.24) is 24.8 Å². The van der Waals surface area contributed by atoms with Gasteiger partial charge in [0, 0.05) is 31.4 Å². The Morgan fingerprint density at radius 1 is 1.38 bits per heavy atom. The number of imidazole rings is 1. The summed E-state index contributed by atoms with van der Waals surface area (Å²) in [5.74, 6) is 0.909. The summed E-state index contributed by atoms with van der Waals surface area (Å²) in [7, 11) is 0. The highest BCUT2D eigenvalue weighted by Gasteiger charge is 2.19. The van der Waals surface area contributed by atoms with Gasteiger partial charge < -0.3 is 14.6 Å². The number of hydrogen-bond donors (Lipinski definition) is 1. The first-order valence-corrected chi connectivity index (χ1v) is 9.02. The van der Waals surface area contributed by atoms with Gasteiger partial charge in [-0.1, -0.05) is 6.92 Å². The predicted octanol–water partition coefficient (Wildman–Crippen LogP) is 3.78. The zero-order valence-corrected chi connectivity index (χ0v) is 16.9. The number of ether oxygens (including phenoxy) is 1. The highest BCUT2D eigenvalue weighted by molar-refractivity contribution is 6.28. The van der Waals surface area contributed by atoms with Crippen LogP contribution in [0.1, 0.15) is 46.0 Å². The van der Waals surface area contributed by atoms with Crippen molar-refractivity contribution >= 4 is 17.7 Å². The Balaban J connectivity index is 2.16. The summed E-state index contributed by atoms with van der Waals surface area (Å²) in [6.07, 6.45) is 3.94. The molecule has 142 valence electrons. The molecule has 2 aromatic heterocycles. The highest BCUT2D eigenvalue weighted by atomic mass is 35.5. The van der Waals surface area contributed by atoms with E-state index in [1.807, 2.05) is 52.3 Å². The van der Waals surface area contributed by atoms with E-state index in [1.54, 1.807) is 6.20 Å². The molecule has 0 aliphatic rings. The normalized spacial score (nSPS) is 12.7. The monoisotopic (exact) mass is 379 g/mol. The third kappa shape index (κ3) is 5.42. The molecular weight excluding hydrogens is 354 g/mol. The van der Waals surface area contributed by atoms with Crippen LogP contribution in [0.4, 0.5) is 4.79 Å². The summed E-state index contributed by atoms with van der Waals surface area (Å²) in [5, 5.41) is 3.04. The van der Waals surface area contributed by atoms with Crippen molar-refractivity contribution in [2.75, 3.05) is 0 Å². The minimum atomic E-state index is -0.523. The Hall–Kier alpha value is -2.15. The second kappa shape index (κ2) is 8.03. The van der Waals surface area contributed by atoms with Crippen LogP contribution in [-0.2, 0) is 17.7 Å². The molecule has 2 heterocycles. The van der Waals surface area contributed by atoms with Gasteiger partial charge in [-0.05, 0) is 51.8 Å². The Kier molecular flexibility index (Phi) is 6.23. The molecule has 2 aromatic rings. The molecule has 26 heavy (non-hydrogen) atoms. The average Bonchev–Trinajstić information content (AvgIpc) is 2.90. The molecule has 0 aliphatic heterocycles. The lowest BCUT2D eigenvalue weighted by atomic mass is 10.2. The number of halogens is 1. The summed E-state index contributed by atoms with van der Waals surface area (Å²) in [4.78, 5) is 24.9. The van der Waals surface area contributed by atoms with Crippen LogP contribution in [0.3, 0.4) is 0 Å². The molecule has 0 unspecified atom stereocenters. The second-order valence-electron chi connectivity index (χ2n) is 7.27. The van der Waals surface area contributed by atoms with Gasteiger partial charge in [-0.3, -0.25) is 0 Å². The Labute approximate surface area is 159 Å². The number of nitrogens with zero attached hydrogens (tertiary/aromatic N) is 4. The highest BCUT2D eigenvalue weighted by Crippen LogP contribution is 2.22. The molecule has 0 fully saturated rings. The SMILES string of the molecule is CCc1nc(-c2nc(Cl)ncc2C)cn1C[C@H](C)NC(=O)OC(C)(C)C. The Morgan fingerprint density at radius 2 is 2.08 bits per heavy atom. The lowest BCUT2D eigenvalue weighted by molar-refractivity contribution is 0.0504. The van der Waals surface area contributed by atoms with Crippen molar-refractivity contribution in [1.29, 1.82) is 0 Å². The molecular formula is C18H26ClN5O2. The maximum atomic E-state index is 11.9. The number of hydrogen-bond acceptors (Lipinski definition) is 5. The van der Waals surface area contributed by atoms with E-state index in [-0.39, 0.29) is 11.3 Å². The van der Waals surface area contributed by atoms with Gasteiger partial charge in [0.25, 0.3) is 0 Å². The lowest BCUT2D eigenvalue weighted by Gasteiger charge is -2.22. The maximum Gasteiger partial charge on any atom is 0.407 e. The molecule has 1 amide bonds. The van der Waals surface area contributed by atoms with Crippen molar-refractivity contribution in [3.05, 3.63) is 29.1 Å². The lowest BCUT2D eigenvalue weighted by Crippen LogP contribution is -2.39. The molecule has 2 rings (SSSR count). The van der Waals surface area contributed by atoms with Gasteiger partial charge in [0.05, 0.1) is 5.69 Å². The largest absolute Gasteiger partial charge is 0.444 e. The first-order valence-electron chi connectivity index (χ1n) is 8.64. The van der Waals surface area contributed by atoms with E-state index in [0.717, 1.165) is 23.5 Å². The zero-order valence-electron chi connectivity index (χ0n) is 16.1. The van der Waals surface area contributed by atoms with E-state index in [1.165, 1.54) is 0 Å². The van der Waals surface area contributed by atoms with Crippen LogP contribution in [0.25, 0.3) is 11.4 Å². The average molecular weight is 380 g/mol. The third-order valence-electron chi connectivity index (χ3n) is 3.59. The molecule has 7 nitrogen and oxygen atoms in total. The van der Waals surface area contributed by atoms with Crippen LogP contribution in [0.15, 0.2) is 12.4 Å². The molecule has 0 radical (unpaired) electrons. The van der Waals surface area contributed by atoms with E-state index in [4.69, 9.17) is 16.3 Å². The van der Waals surface area contributed by atoms with E-state index >= 15 is 0 Å². The van der Waals surface area contributed by atoms with E-state index in [9.17, 15) is 4.79 Å². The van der Waals surface area contributed by atoms with Gasteiger partial charge in [0.2, 0.25) is 5.28 Å². The fourth-order valence-electron chi connectivity index (χ4n) is 2.54. The topological polar surface area (TPSA) is 81.9 Å². The number of aromatic nitrogens is 4. The van der Waals surface area contributed by atoms with Crippen molar-refractivity contribution in [2.45, 2.75) is 66.2 Å². The third-order valence-corrected chi connectivity index (χ3v) is 3.78. The number of nitrogens with one attached hydrogen (secondary N) is 1. The second-order valence-corrected chi connectivity index (χ2v) is 7.60. The standard InChI is InChI=1S/C18H26ClN5O2/c1-7-14-22-13(15-11(2)8-20-16(19)23-15)10-24(14)9-12(3)21-17(25)26-18(4,5)6/h8,10,12H,7,9H2,1-6H3,(H,21,25)/t12-/m0/s1. The number of carbonyl (C=O) groups is 1. The van der Waals surface area contributed by atoms with Crippen molar-refractivity contribution < 1.29 is 9.53 Å². The maximum absolute atomic E-state index is 11.9. The number of rotatable bonds is 5. The molecule has 1 N–H and O–H groups in total. The van der Waals surface area contributed by atoms with Gasteiger partial charge in [-0.15, -0.1) is 0 Å². The van der Waals surface area contributed by atoms with Gasteiger partial charge >= 0.3 is 6.09 Å². The van der Waals surface area contributed by atoms with E-state index < -0.39 is 11.7 Å². The van der Waals surface area contributed by atoms with Crippen LogP contribution >= 0.6 is 11.6 Å². The van der Waals surface area contributed by atoms with Crippen LogP contribution in [0.5, 0.6) is 0 Å². The van der Waals surface area contributed by atoms with Crippen molar-refractivity contribution in [3.63, 3.8) is 0 Å². The smallest absolute Gasteiger partial charge is 0.407 e. The summed E-state index contributed by atoms with van der Waals surface area (Å²) < 4.78 is 7.32. The Morgan fingerprint density at radius 3 is 2.69 bits per heavy atom. The first kappa shape index (κ1) is 20.2. The summed E-state index contributed by atoms with van der Waals surface area (Å²) in [5.41, 5.74) is 1.84. The molecule has 0 saturated carbocycles. The summed E-state index contributed by atoms with van der Waals surface area (Å²) >= 11 is 5.92. The number of alkyl carbamates (subject to hydrolysis) is 1. The summed E-state index contributed by atoms with van der Waals surface area (Å²) in [6.45, 7) is 12.0. The molecule has 0 saturated heterocycles. The summed E-state index contributed by atoms with van der Waals surface area (Å²) in [6, 6.07) is -0.118. The number of aryl methyl sites for hydroxylation is 2. The van der Waals surface area contributed by atoms with Crippen LogP contribution in [0, 0.1) is 6.92 Å². The van der Waals surface area contributed by atoms with E-state index in [2.05, 4.69) is 20.3 Å². The van der Waals surface area contributed by atoms with Gasteiger partial charge in [0.15, 0.2) is 0 Å². The van der Waals surface area contributed by atoms with Gasteiger partial charge in [-0.25, -0.2) is 19.7 Å². The van der Waals surface area contributed by atoms with Gasteiger partial charge in [-0.2, -0.15) is 0 Å². The molecule has 0 bridgehead atoms. The van der Waals surface area contributed by atoms with Gasteiger partial charge in [0.1, 0.15) is 17.1 Å². The molecule has 0 aromatic carbocycles. The quantitative estimate of drug-likeness (QED) is 0.799. The fourth-order valence-corrected chi connectivity index (χ4v) is 2.67. The van der Waals surface area contributed by atoms with Crippen molar-refractivity contribution in [2.24, 2.45) is 0 Å². The molecule has 0 aliphatic carbocycles. The predicted molar refractivity (Wildman–Crippen MR) is 101 cm³/mol. The minimum absolute atomic E-state index is 0.118. The number of carbonyl (C=O) groups excluding carboxylic acids is 1. The van der Waals surface area contributed by atoms with Crippen LogP contribution in [0.2, 0.25) is 5.28 Å². The van der Waals surface area contributed by atoms with Crippen LogP contribution in [-0.4, -0.2) is 37.3 Å². The molecule has 1 atom stereocenters. The molecule has 8 heteroatoms. The zero-order chi connectivity index (χ0) is 19.5. The molecule has 0 spiro atoms. The Bertz CT molecular complexity index is 782. The fraction of sp³-hybridized carbons (Fsp3) is 0.556. The number of amides is 1.